The van der Waals surface area contributed by atoms with Crippen LogP contribution < -0.4 is 4.74 Å². The average molecular weight is 320 g/mol. The van der Waals surface area contributed by atoms with E-state index in [9.17, 15) is 0 Å². The summed E-state index contributed by atoms with van der Waals surface area (Å²) >= 11 is 0. The molecule has 0 aliphatic heterocycles. The lowest BCUT2D eigenvalue weighted by Gasteiger charge is -2.09. The molecule has 0 unspecified atom stereocenters. The van der Waals surface area contributed by atoms with Gasteiger partial charge in [0.1, 0.15) is 5.69 Å². The number of hydrogen-bond acceptors (Lipinski definition) is 4. The number of benzene rings is 1. The second-order valence-corrected chi connectivity index (χ2v) is 6.11. The summed E-state index contributed by atoms with van der Waals surface area (Å²) in [5.41, 5.74) is 3.80. The quantitative estimate of drug-likeness (QED) is 0.725. The Hall–Kier alpha value is -2.69. The van der Waals surface area contributed by atoms with E-state index in [0.717, 1.165) is 22.5 Å². The molecule has 1 fully saturated rings. The molecule has 3 aromatic rings. The molecular formula is C19H20N4O. The van der Waals surface area contributed by atoms with Gasteiger partial charge in [0, 0.05) is 29.7 Å². The fourth-order valence-electron chi connectivity index (χ4n) is 3.36. The molecule has 0 amide bonds. The van der Waals surface area contributed by atoms with E-state index in [0.29, 0.717) is 11.9 Å². The fraction of sp³-hybridized carbons (Fsp3) is 0.316. The monoisotopic (exact) mass is 320 g/mol. The van der Waals surface area contributed by atoms with Crippen molar-refractivity contribution in [2.45, 2.75) is 31.7 Å². The van der Waals surface area contributed by atoms with Gasteiger partial charge in [0.15, 0.2) is 0 Å². The number of methoxy groups -OCH3 is 1. The molecule has 2 aromatic heterocycles. The van der Waals surface area contributed by atoms with Gasteiger partial charge >= 0.3 is 0 Å². The molecule has 1 aromatic carbocycles. The molecule has 0 saturated heterocycles. The maximum atomic E-state index is 5.32. The normalized spacial score (nSPS) is 14.9. The molecule has 4 rings (SSSR count). The van der Waals surface area contributed by atoms with Gasteiger partial charge in [0.25, 0.3) is 0 Å². The Morgan fingerprint density at radius 1 is 1.04 bits per heavy atom. The highest BCUT2D eigenvalue weighted by Crippen LogP contribution is 2.31. The third-order valence-electron chi connectivity index (χ3n) is 4.60. The molecule has 2 heterocycles. The highest BCUT2D eigenvalue weighted by Gasteiger charge is 2.18. The van der Waals surface area contributed by atoms with Crippen LogP contribution in [0.3, 0.4) is 0 Å². The maximum Gasteiger partial charge on any atom is 0.240 e. The van der Waals surface area contributed by atoms with Gasteiger partial charge in [-0.05, 0) is 25.0 Å². The average Bonchev–Trinajstić information content (AvgIpc) is 3.33. The first kappa shape index (κ1) is 14.9. The predicted octanol–water partition coefficient (Wildman–Crippen LogP) is 4.13. The Kier molecular flexibility index (Phi) is 3.99. The molecular weight excluding hydrogens is 300 g/mol. The van der Waals surface area contributed by atoms with E-state index < -0.39 is 0 Å². The van der Waals surface area contributed by atoms with Crippen LogP contribution in [0, 0.1) is 0 Å². The molecule has 5 nitrogen and oxygen atoms in total. The van der Waals surface area contributed by atoms with Crippen molar-refractivity contribution in [3.05, 3.63) is 48.9 Å². The second-order valence-electron chi connectivity index (χ2n) is 6.11. The highest BCUT2D eigenvalue weighted by atomic mass is 16.5. The molecule has 1 saturated carbocycles. The van der Waals surface area contributed by atoms with Crippen LogP contribution in [0.5, 0.6) is 5.88 Å². The first-order valence-corrected chi connectivity index (χ1v) is 8.36. The van der Waals surface area contributed by atoms with Gasteiger partial charge in [-0.2, -0.15) is 5.10 Å². The van der Waals surface area contributed by atoms with Crippen LogP contribution in [-0.4, -0.2) is 26.9 Å². The molecule has 1 aliphatic rings. The zero-order valence-corrected chi connectivity index (χ0v) is 13.7. The topological polar surface area (TPSA) is 52.8 Å². The number of rotatable bonds is 4. The van der Waals surface area contributed by atoms with Crippen LogP contribution in [0.4, 0.5) is 0 Å². The summed E-state index contributed by atoms with van der Waals surface area (Å²) in [5.74, 6) is 0.533. The largest absolute Gasteiger partial charge is 0.479 e. The SMILES string of the molecule is COc1nccnc1-c1cccc(-c2ccn(C3CCCC3)n2)c1. The zero-order chi connectivity index (χ0) is 16.4. The van der Waals surface area contributed by atoms with Crippen molar-refractivity contribution in [2.75, 3.05) is 7.11 Å². The van der Waals surface area contributed by atoms with E-state index in [1.165, 1.54) is 25.7 Å². The lowest BCUT2D eigenvalue weighted by atomic mass is 10.1. The third kappa shape index (κ3) is 2.77. The molecule has 0 radical (unpaired) electrons. The summed E-state index contributed by atoms with van der Waals surface area (Å²) in [7, 11) is 1.61. The molecule has 0 N–H and O–H groups in total. The molecule has 24 heavy (non-hydrogen) atoms. The number of hydrogen-bond donors (Lipinski definition) is 0. The van der Waals surface area contributed by atoms with Crippen molar-refractivity contribution < 1.29 is 4.74 Å². The molecule has 0 atom stereocenters. The number of aromatic nitrogens is 4. The molecule has 1 aliphatic carbocycles. The summed E-state index contributed by atoms with van der Waals surface area (Å²) in [6.07, 6.45) is 10.5. The van der Waals surface area contributed by atoms with Crippen molar-refractivity contribution in [1.29, 1.82) is 0 Å². The maximum absolute atomic E-state index is 5.32. The van der Waals surface area contributed by atoms with Crippen molar-refractivity contribution in [2.24, 2.45) is 0 Å². The smallest absolute Gasteiger partial charge is 0.240 e. The molecule has 122 valence electrons. The van der Waals surface area contributed by atoms with Crippen molar-refractivity contribution in [1.82, 2.24) is 19.7 Å². The Morgan fingerprint density at radius 2 is 1.83 bits per heavy atom. The van der Waals surface area contributed by atoms with E-state index in [1.807, 2.05) is 12.1 Å². The summed E-state index contributed by atoms with van der Waals surface area (Å²) in [4.78, 5) is 8.64. The lowest BCUT2D eigenvalue weighted by molar-refractivity contribution is 0.398. The minimum Gasteiger partial charge on any atom is -0.479 e. The van der Waals surface area contributed by atoms with E-state index in [-0.39, 0.29) is 0 Å². The molecule has 0 bridgehead atoms. The van der Waals surface area contributed by atoms with Gasteiger partial charge in [-0.1, -0.05) is 31.0 Å². The second kappa shape index (κ2) is 6.43. The van der Waals surface area contributed by atoms with Gasteiger partial charge in [0.2, 0.25) is 5.88 Å². The van der Waals surface area contributed by atoms with Crippen LogP contribution in [-0.2, 0) is 0 Å². The van der Waals surface area contributed by atoms with Gasteiger partial charge in [0.05, 0.1) is 18.8 Å². The summed E-state index contributed by atoms with van der Waals surface area (Å²) < 4.78 is 7.45. The van der Waals surface area contributed by atoms with E-state index in [1.54, 1.807) is 19.5 Å². The zero-order valence-electron chi connectivity index (χ0n) is 13.7. The summed E-state index contributed by atoms with van der Waals surface area (Å²) in [6.45, 7) is 0. The van der Waals surface area contributed by atoms with Gasteiger partial charge < -0.3 is 4.74 Å². The predicted molar refractivity (Wildman–Crippen MR) is 92.7 cm³/mol. The van der Waals surface area contributed by atoms with Crippen molar-refractivity contribution in [3.63, 3.8) is 0 Å². The minimum absolute atomic E-state index is 0.533. The lowest BCUT2D eigenvalue weighted by Crippen LogP contribution is -2.04. The third-order valence-corrected chi connectivity index (χ3v) is 4.60. The van der Waals surface area contributed by atoms with Crippen molar-refractivity contribution in [3.8, 4) is 28.4 Å². The Balaban J connectivity index is 1.68. The van der Waals surface area contributed by atoms with Crippen LogP contribution in [0.25, 0.3) is 22.5 Å². The van der Waals surface area contributed by atoms with Gasteiger partial charge in [-0.25, -0.2) is 9.97 Å². The van der Waals surface area contributed by atoms with Crippen LogP contribution in [0.15, 0.2) is 48.9 Å². The molecule has 5 heteroatoms. The van der Waals surface area contributed by atoms with Crippen LogP contribution in [0.2, 0.25) is 0 Å². The Labute approximate surface area is 141 Å². The first-order chi connectivity index (χ1) is 11.8. The standard InChI is InChI=1S/C19H20N4O/c1-24-19-18(20-10-11-21-19)15-6-4-5-14(13-15)17-9-12-23(22-17)16-7-2-3-8-16/h4-6,9-13,16H,2-3,7-8H2,1H3. The molecule has 0 spiro atoms. The van der Waals surface area contributed by atoms with E-state index >= 15 is 0 Å². The Morgan fingerprint density at radius 3 is 2.67 bits per heavy atom. The van der Waals surface area contributed by atoms with E-state index in [2.05, 4.69) is 39.0 Å². The first-order valence-electron chi connectivity index (χ1n) is 8.36. The number of nitrogens with zero attached hydrogens (tertiary/aromatic N) is 4. The minimum atomic E-state index is 0.533. The van der Waals surface area contributed by atoms with Crippen LogP contribution in [0.1, 0.15) is 31.7 Å². The Bertz CT molecular complexity index is 837. The van der Waals surface area contributed by atoms with Gasteiger partial charge in [-0.3, -0.25) is 4.68 Å². The van der Waals surface area contributed by atoms with E-state index in [4.69, 9.17) is 9.84 Å². The van der Waals surface area contributed by atoms with Gasteiger partial charge in [-0.15, -0.1) is 0 Å². The highest BCUT2D eigenvalue weighted by molar-refractivity contribution is 5.71. The van der Waals surface area contributed by atoms with Crippen molar-refractivity contribution >= 4 is 0 Å². The summed E-state index contributed by atoms with van der Waals surface area (Å²) in [5, 5.41) is 4.79. The van der Waals surface area contributed by atoms with Crippen LogP contribution >= 0.6 is 0 Å². The summed E-state index contributed by atoms with van der Waals surface area (Å²) in [6, 6.07) is 10.9. The number of ether oxygens (including phenoxy) is 1. The fourth-order valence-corrected chi connectivity index (χ4v) is 3.36.